The van der Waals surface area contributed by atoms with Crippen LogP contribution in [0.2, 0.25) is 0 Å². The molecule has 0 N–H and O–H groups in total. The molecule has 3 heteroatoms. The van der Waals surface area contributed by atoms with Gasteiger partial charge in [0.05, 0.1) is 0 Å². The average Bonchev–Trinajstić information content (AvgIpc) is 3.95. The van der Waals surface area contributed by atoms with Crippen LogP contribution in [-0.4, -0.2) is 0 Å². The van der Waals surface area contributed by atoms with Gasteiger partial charge in [-0.1, -0.05) is 109 Å². The summed E-state index contributed by atoms with van der Waals surface area (Å²) in [5, 5.41) is 2.28. The smallest absolute Gasteiger partial charge is 0.137 e. The van der Waals surface area contributed by atoms with E-state index in [1.807, 2.05) is 6.07 Å². The van der Waals surface area contributed by atoms with Crippen molar-refractivity contribution in [2.45, 2.75) is 31.1 Å². The van der Waals surface area contributed by atoms with Gasteiger partial charge in [0.25, 0.3) is 0 Å². The lowest BCUT2D eigenvalue weighted by Crippen LogP contribution is -2.22. The molecule has 0 aliphatic heterocycles. The highest BCUT2D eigenvalue weighted by Crippen LogP contribution is 2.55. The third kappa shape index (κ3) is 5.34. The second-order valence-electron chi connectivity index (χ2n) is 15.3. The summed E-state index contributed by atoms with van der Waals surface area (Å²) in [6.07, 6.45) is 4.40. The van der Waals surface area contributed by atoms with E-state index in [1.54, 1.807) is 0 Å². The highest BCUT2D eigenvalue weighted by atomic mass is 16.3. The van der Waals surface area contributed by atoms with E-state index in [0.717, 1.165) is 76.1 Å². The summed E-state index contributed by atoms with van der Waals surface area (Å²) in [6, 6.07) is 70.6. The summed E-state index contributed by atoms with van der Waals surface area (Å²) < 4.78 is 6.46. The zero-order chi connectivity index (χ0) is 37.1. The van der Waals surface area contributed by atoms with E-state index in [1.165, 1.54) is 39.1 Å². The number of rotatable bonds is 7. The topological polar surface area (TPSA) is 19.6 Å². The summed E-state index contributed by atoms with van der Waals surface area (Å²) >= 11 is 0. The molecule has 0 unspecified atom stereocenters. The lowest BCUT2D eigenvalue weighted by Gasteiger charge is -2.31. The van der Waals surface area contributed by atoms with Crippen LogP contribution in [0.5, 0.6) is 0 Å². The quantitative estimate of drug-likeness (QED) is 0.163. The number of anilines is 6. The van der Waals surface area contributed by atoms with Gasteiger partial charge in [-0.2, -0.15) is 0 Å². The molecule has 56 heavy (non-hydrogen) atoms. The van der Waals surface area contributed by atoms with Crippen LogP contribution in [0.25, 0.3) is 33.1 Å². The Bertz CT molecular complexity index is 2840. The van der Waals surface area contributed by atoms with E-state index < -0.39 is 0 Å². The Morgan fingerprint density at radius 3 is 1.50 bits per heavy atom. The van der Waals surface area contributed by atoms with E-state index in [4.69, 9.17) is 4.42 Å². The van der Waals surface area contributed by atoms with Gasteiger partial charge in [0.15, 0.2) is 0 Å². The van der Waals surface area contributed by atoms with Crippen molar-refractivity contribution in [1.82, 2.24) is 0 Å². The molecule has 8 aromatic carbocycles. The van der Waals surface area contributed by atoms with Crippen LogP contribution in [0.4, 0.5) is 34.1 Å². The third-order valence-corrected chi connectivity index (χ3v) is 12.2. The minimum absolute atomic E-state index is 0.0457. The zero-order valence-electron chi connectivity index (χ0n) is 31.1. The first-order chi connectivity index (χ1) is 27.7. The molecular formula is C53H40N2O. The van der Waals surface area contributed by atoms with E-state index in [-0.39, 0.29) is 5.41 Å². The first-order valence-electron chi connectivity index (χ1n) is 19.8. The molecule has 0 saturated carbocycles. The predicted molar refractivity (Wildman–Crippen MR) is 232 cm³/mol. The minimum atomic E-state index is -0.0457. The highest BCUT2D eigenvalue weighted by molar-refractivity contribution is 6.06. The zero-order valence-corrected chi connectivity index (χ0v) is 31.1. The summed E-state index contributed by atoms with van der Waals surface area (Å²) in [7, 11) is 0. The van der Waals surface area contributed by atoms with Crippen LogP contribution in [0.3, 0.4) is 0 Å². The number of fused-ring (bicyclic) bond motifs is 7. The van der Waals surface area contributed by atoms with Gasteiger partial charge in [-0.25, -0.2) is 0 Å². The van der Waals surface area contributed by atoms with Crippen LogP contribution in [-0.2, 0) is 18.3 Å². The van der Waals surface area contributed by atoms with Gasteiger partial charge in [-0.3, -0.25) is 0 Å². The fourth-order valence-corrected chi connectivity index (χ4v) is 9.60. The minimum Gasteiger partial charge on any atom is -0.456 e. The summed E-state index contributed by atoms with van der Waals surface area (Å²) in [5.74, 6) is 0. The molecule has 1 spiro atoms. The van der Waals surface area contributed by atoms with E-state index >= 15 is 0 Å². The lowest BCUT2D eigenvalue weighted by molar-refractivity contribution is 0.507. The van der Waals surface area contributed by atoms with Crippen LogP contribution in [0.1, 0.15) is 35.1 Å². The molecule has 268 valence electrons. The van der Waals surface area contributed by atoms with Gasteiger partial charge in [0.1, 0.15) is 11.2 Å². The molecule has 0 saturated heterocycles. The second-order valence-corrected chi connectivity index (χ2v) is 15.3. The molecule has 9 aromatic rings. The number of furan rings is 1. The van der Waals surface area contributed by atoms with Crippen molar-refractivity contribution < 1.29 is 4.42 Å². The van der Waals surface area contributed by atoms with Crippen molar-refractivity contribution in [1.29, 1.82) is 0 Å². The van der Waals surface area contributed by atoms with Crippen molar-refractivity contribution in [3.8, 4) is 11.1 Å². The largest absolute Gasteiger partial charge is 0.456 e. The molecule has 2 aliphatic rings. The standard InChI is InChI=1S/C53H40N2O/c1-4-13-37(14-5-1)40-15-12-20-43(33-40)55(46-27-28-48-47-21-10-11-22-51(47)56-52(48)36-46)45-26-24-39-30-32-53(50(39)35-45)31-29-38-23-25-44(34-49(38)53)54(41-16-6-2-7-17-41)42-18-8-3-9-19-42/h1-28,33-36H,29-32H2/t53-/m1/s1. The van der Waals surface area contributed by atoms with E-state index in [2.05, 4.69) is 198 Å². The Kier molecular flexibility index (Phi) is 7.67. The first-order valence-corrected chi connectivity index (χ1v) is 19.8. The Morgan fingerprint density at radius 2 is 0.839 bits per heavy atom. The molecule has 3 nitrogen and oxygen atoms in total. The van der Waals surface area contributed by atoms with Crippen molar-refractivity contribution in [2.75, 3.05) is 9.80 Å². The fraction of sp³-hybridized carbons (Fsp3) is 0.0943. The SMILES string of the molecule is c1ccc(-c2cccc(N(c3ccc4c(c3)[C@]3(CCc5ccc(N(c6ccccc6)c6ccccc6)cc53)CC4)c3ccc4c(c3)oc3ccccc34)c2)cc1. The maximum absolute atomic E-state index is 6.46. The van der Waals surface area contributed by atoms with E-state index in [0.29, 0.717) is 0 Å². The molecule has 1 atom stereocenters. The first kappa shape index (κ1) is 32.6. The molecule has 11 rings (SSSR count). The maximum Gasteiger partial charge on any atom is 0.137 e. The van der Waals surface area contributed by atoms with Crippen molar-refractivity contribution >= 4 is 56.1 Å². The molecule has 0 bridgehead atoms. The molecule has 0 radical (unpaired) electrons. The summed E-state index contributed by atoms with van der Waals surface area (Å²) in [6.45, 7) is 0. The highest BCUT2D eigenvalue weighted by Gasteiger charge is 2.45. The summed E-state index contributed by atoms with van der Waals surface area (Å²) in [4.78, 5) is 4.82. The predicted octanol–water partition coefficient (Wildman–Crippen LogP) is 14.4. The van der Waals surface area contributed by atoms with Crippen LogP contribution in [0, 0.1) is 0 Å². The monoisotopic (exact) mass is 720 g/mol. The van der Waals surface area contributed by atoms with Gasteiger partial charge in [0, 0.05) is 56.4 Å². The van der Waals surface area contributed by atoms with Gasteiger partial charge >= 0.3 is 0 Å². The van der Waals surface area contributed by atoms with Crippen molar-refractivity contribution in [3.63, 3.8) is 0 Å². The summed E-state index contributed by atoms with van der Waals surface area (Å²) in [5.41, 5.74) is 16.9. The van der Waals surface area contributed by atoms with Gasteiger partial charge in [0.2, 0.25) is 0 Å². The molecular weight excluding hydrogens is 681 g/mol. The normalized spacial score (nSPS) is 15.6. The number of aryl methyl sites for hydroxylation is 2. The molecule has 1 aromatic heterocycles. The van der Waals surface area contributed by atoms with Gasteiger partial charge in [-0.15, -0.1) is 0 Å². The number of nitrogens with zero attached hydrogens (tertiary/aromatic N) is 2. The average molecular weight is 721 g/mol. The molecule has 0 fully saturated rings. The van der Waals surface area contributed by atoms with Crippen molar-refractivity contribution in [2.24, 2.45) is 0 Å². The van der Waals surface area contributed by atoms with Crippen LogP contribution < -0.4 is 9.80 Å². The maximum atomic E-state index is 6.46. The number of hydrogen-bond acceptors (Lipinski definition) is 3. The molecule has 2 aliphatic carbocycles. The third-order valence-electron chi connectivity index (χ3n) is 12.2. The van der Waals surface area contributed by atoms with Gasteiger partial charge in [-0.05, 0) is 138 Å². The van der Waals surface area contributed by atoms with Crippen LogP contribution >= 0.6 is 0 Å². The Morgan fingerprint density at radius 1 is 0.357 bits per heavy atom. The Hall–Kier alpha value is -6.84. The number of benzene rings is 8. The Labute approximate surface area is 327 Å². The van der Waals surface area contributed by atoms with E-state index in [9.17, 15) is 0 Å². The van der Waals surface area contributed by atoms with Crippen molar-refractivity contribution in [3.05, 3.63) is 216 Å². The number of para-hydroxylation sites is 3. The Balaban J connectivity index is 1.06. The second kappa shape index (κ2) is 13.2. The van der Waals surface area contributed by atoms with Crippen LogP contribution in [0.15, 0.2) is 199 Å². The molecule has 0 amide bonds. The van der Waals surface area contributed by atoms with Gasteiger partial charge < -0.3 is 14.2 Å². The molecule has 1 heterocycles. The lowest BCUT2D eigenvalue weighted by atomic mass is 9.76. The fourth-order valence-electron chi connectivity index (χ4n) is 9.60. The number of hydrogen-bond donors (Lipinski definition) is 0.